The molecule has 12 heavy (non-hydrogen) atoms. The fourth-order valence-corrected chi connectivity index (χ4v) is 1.15. The summed E-state index contributed by atoms with van der Waals surface area (Å²) in [5, 5.41) is 0. The zero-order chi connectivity index (χ0) is 9.30. The van der Waals surface area contributed by atoms with Crippen LogP contribution in [0.3, 0.4) is 0 Å². The molecular formula is C7H5BClF3. The molecule has 1 aromatic carbocycles. The molecule has 0 aromatic heterocycles. The Labute approximate surface area is 73.7 Å². The molecule has 1 aromatic rings. The Morgan fingerprint density at radius 2 is 1.83 bits per heavy atom. The number of alkyl halides is 1. The van der Waals surface area contributed by atoms with Crippen molar-refractivity contribution < 1.29 is 13.2 Å². The summed E-state index contributed by atoms with van der Waals surface area (Å²) in [6.07, 6.45) is 0. The van der Waals surface area contributed by atoms with Crippen molar-refractivity contribution in [3.8, 4) is 0 Å². The molecule has 64 valence electrons. The average molecular weight is 192 g/mol. The van der Waals surface area contributed by atoms with E-state index in [2.05, 4.69) is 0 Å². The first-order valence-corrected chi connectivity index (χ1v) is 3.80. The molecular weight excluding hydrogens is 187 g/mol. The van der Waals surface area contributed by atoms with Crippen LogP contribution in [-0.2, 0) is 5.88 Å². The minimum atomic E-state index is -1.44. The standard InChI is InChI=1S/C7H5BClF3/c8-5-3(2-9)1-4(10)6(11)7(5)12/h1H,2,8H2. The summed E-state index contributed by atoms with van der Waals surface area (Å²) in [6.45, 7) is 0. The van der Waals surface area contributed by atoms with Gasteiger partial charge in [-0.15, -0.1) is 11.6 Å². The van der Waals surface area contributed by atoms with Gasteiger partial charge in [-0.25, -0.2) is 13.2 Å². The normalized spacial score (nSPS) is 10.3. The highest BCUT2D eigenvalue weighted by molar-refractivity contribution is 6.34. The third-order valence-electron chi connectivity index (χ3n) is 1.66. The monoisotopic (exact) mass is 192 g/mol. The van der Waals surface area contributed by atoms with Gasteiger partial charge in [0.2, 0.25) is 0 Å². The maximum atomic E-state index is 12.8. The minimum Gasteiger partial charge on any atom is -0.204 e. The fraction of sp³-hybridized carbons (Fsp3) is 0.143. The predicted octanol–water partition coefficient (Wildman–Crippen LogP) is 1.10. The van der Waals surface area contributed by atoms with E-state index in [1.165, 1.54) is 7.85 Å². The number of benzene rings is 1. The molecule has 0 saturated carbocycles. The first kappa shape index (κ1) is 9.45. The van der Waals surface area contributed by atoms with Crippen molar-refractivity contribution in [2.24, 2.45) is 0 Å². The van der Waals surface area contributed by atoms with Crippen molar-refractivity contribution in [1.82, 2.24) is 0 Å². The van der Waals surface area contributed by atoms with E-state index >= 15 is 0 Å². The SMILES string of the molecule is Bc1c(CCl)cc(F)c(F)c1F. The van der Waals surface area contributed by atoms with Crippen molar-refractivity contribution in [2.45, 2.75) is 5.88 Å². The van der Waals surface area contributed by atoms with Gasteiger partial charge in [0.15, 0.2) is 17.5 Å². The molecule has 0 amide bonds. The molecule has 0 fully saturated rings. The maximum Gasteiger partial charge on any atom is 0.193 e. The van der Waals surface area contributed by atoms with Gasteiger partial charge in [-0.2, -0.15) is 0 Å². The lowest BCUT2D eigenvalue weighted by atomic mass is 9.90. The molecule has 0 unspecified atom stereocenters. The summed E-state index contributed by atoms with van der Waals surface area (Å²) >= 11 is 5.37. The molecule has 0 aliphatic carbocycles. The molecule has 1 rings (SSSR count). The lowest BCUT2D eigenvalue weighted by molar-refractivity contribution is 0.450. The van der Waals surface area contributed by atoms with Crippen LogP contribution < -0.4 is 5.46 Å². The first-order chi connectivity index (χ1) is 5.57. The van der Waals surface area contributed by atoms with Crippen molar-refractivity contribution in [2.75, 3.05) is 0 Å². The van der Waals surface area contributed by atoms with E-state index in [1.807, 2.05) is 0 Å². The average Bonchev–Trinajstić information content (AvgIpc) is 2.08. The van der Waals surface area contributed by atoms with E-state index in [4.69, 9.17) is 11.6 Å². The number of rotatable bonds is 1. The molecule has 0 bridgehead atoms. The van der Waals surface area contributed by atoms with Crippen molar-refractivity contribution in [3.05, 3.63) is 29.1 Å². The largest absolute Gasteiger partial charge is 0.204 e. The molecule has 0 heterocycles. The smallest absolute Gasteiger partial charge is 0.193 e. The molecule has 0 saturated heterocycles. The second kappa shape index (κ2) is 3.39. The summed E-state index contributed by atoms with van der Waals surface area (Å²) in [5.41, 5.74) is 0.331. The fourth-order valence-electron chi connectivity index (χ4n) is 0.874. The van der Waals surface area contributed by atoms with Crippen LogP contribution in [0.2, 0.25) is 0 Å². The topological polar surface area (TPSA) is 0 Å². The van der Waals surface area contributed by atoms with Gasteiger partial charge in [0.05, 0.1) is 0 Å². The number of halogens is 4. The van der Waals surface area contributed by atoms with Crippen molar-refractivity contribution in [3.63, 3.8) is 0 Å². The van der Waals surface area contributed by atoms with Gasteiger partial charge in [0.1, 0.15) is 7.85 Å². The summed E-state index contributed by atoms with van der Waals surface area (Å²) in [5.74, 6) is -3.83. The van der Waals surface area contributed by atoms with Gasteiger partial charge < -0.3 is 0 Å². The van der Waals surface area contributed by atoms with E-state index in [0.29, 0.717) is 0 Å². The molecule has 0 aliphatic rings. The third kappa shape index (κ3) is 1.44. The highest BCUT2D eigenvalue weighted by Gasteiger charge is 2.14. The highest BCUT2D eigenvalue weighted by atomic mass is 35.5. The summed E-state index contributed by atoms with van der Waals surface area (Å²) in [6, 6.07) is 0.904. The second-order valence-electron chi connectivity index (χ2n) is 2.40. The minimum absolute atomic E-state index is 0.0278. The number of hydrogen-bond acceptors (Lipinski definition) is 0. The Balaban J connectivity index is 3.39. The van der Waals surface area contributed by atoms with Gasteiger partial charge in [-0.1, -0.05) is 0 Å². The maximum absolute atomic E-state index is 12.8. The Kier molecular flexibility index (Phi) is 2.67. The van der Waals surface area contributed by atoms with Gasteiger partial charge >= 0.3 is 0 Å². The highest BCUT2D eigenvalue weighted by Crippen LogP contribution is 2.12. The quantitative estimate of drug-likeness (QED) is 0.355. The lowest BCUT2D eigenvalue weighted by Crippen LogP contribution is -2.17. The number of hydrogen-bond donors (Lipinski definition) is 0. The van der Waals surface area contributed by atoms with Crippen LogP contribution in [-0.4, -0.2) is 7.85 Å². The molecule has 0 nitrogen and oxygen atoms in total. The van der Waals surface area contributed by atoms with E-state index in [0.717, 1.165) is 6.07 Å². The molecule has 0 atom stereocenters. The van der Waals surface area contributed by atoms with E-state index in [1.54, 1.807) is 0 Å². The van der Waals surface area contributed by atoms with Gasteiger partial charge in [-0.3, -0.25) is 0 Å². The van der Waals surface area contributed by atoms with Crippen LogP contribution in [0.5, 0.6) is 0 Å². The Hall–Kier alpha value is -0.635. The summed E-state index contributed by atoms with van der Waals surface area (Å²) < 4.78 is 37.8. The molecule has 0 spiro atoms. The molecule has 5 heteroatoms. The van der Waals surface area contributed by atoms with Crippen molar-refractivity contribution in [1.29, 1.82) is 0 Å². The van der Waals surface area contributed by atoms with E-state index < -0.39 is 17.5 Å². The van der Waals surface area contributed by atoms with Crippen LogP contribution in [0.25, 0.3) is 0 Å². The summed E-state index contributed by atoms with van der Waals surface area (Å²) in [4.78, 5) is 0. The second-order valence-corrected chi connectivity index (χ2v) is 2.67. The van der Waals surface area contributed by atoms with Crippen LogP contribution in [0.15, 0.2) is 6.07 Å². The predicted molar refractivity (Wildman–Crippen MR) is 44.1 cm³/mol. The third-order valence-corrected chi connectivity index (χ3v) is 1.95. The Bertz CT molecular complexity index is 314. The van der Waals surface area contributed by atoms with E-state index in [9.17, 15) is 13.2 Å². The summed E-state index contributed by atoms with van der Waals surface area (Å²) in [7, 11) is 1.36. The Morgan fingerprint density at radius 1 is 1.25 bits per heavy atom. The molecule has 0 aliphatic heterocycles. The lowest BCUT2D eigenvalue weighted by Gasteiger charge is -2.04. The van der Waals surface area contributed by atoms with Crippen molar-refractivity contribution >= 4 is 24.9 Å². The van der Waals surface area contributed by atoms with Gasteiger partial charge in [-0.05, 0) is 17.1 Å². The van der Waals surface area contributed by atoms with Gasteiger partial charge in [0, 0.05) is 5.88 Å². The van der Waals surface area contributed by atoms with Crippen LogP contribution in [0, 0.1) is 17.5 Å². The zero-order valence-corrected chi connectivity index (χ0v) is 7.05. The van der Waals surface area contributed by atoms with Crippen LogP contribution in [0.4, 0.5) is 13.2 Å². The zero-order valence-electron chi connectivity index (χ0n) is 6.30. The molecule has 0 radical (unpaired) electrons. The Morgan fingerprint density at radius 3 is 2.33 bits per heavy atom. The van der Waals surface area contributed by atoms with Crippen LogP contribution in [0.1, 0.15) is 5.56 Å². The van der Waals surface area contributed by atoms with E-state index in [-0.39, 0.29) is 16.9 Å². The van der Waals surface area contributed by atoms with Gasteiger partial charge in [0.25, 0.3) is 0 Å². The van der Waals surface area contributed by atoms with Crippen LogP contribution >= 0.6 is 11.6 Å². The first-order valence-electron chi connectivity index (χ1n) is 3.27. The molecule has 0 N–H and O–H groups in total.